The quantitative estimate of drug-likeness (QED) is 0.157. The van der Waals surface area contributed by atoms with Crippen molar-refractivity contribution in [3.8, 4) is 33.4 Å². The lowest BCUT2D eigenvalue weighted by Gasteiger charge is -2.30. The van der Waals surface area contributed by atoms with Gasteiger partial charge in [-0.25, -0.2) is 0 Å². The summed E-state index contributed by atoms with van der Waals surface area (Å²) >= 11 is 1.86. The van der Waals surface area contributed by atoms with Crippen molar-refractivity contribution in [1.82, 2.24) is 0 Å². The molecule has 0 N–H and O–H groups in total. The van der Waals surface area contributed by atoms with E-state index in [0.717, 1.165) is 39.0 Å². The lowest BCUT2D eigenvalue weighted by atomic mass is 9.87. The Balaban J connectivity index is 1.16. The number of hydrogen-bond donors (Lipinski definition) is 0. The van der Waals surface area contributed by atoms with Crippen LogP contribution in [0.15, 0.2) is 217 Å². The standard InChI is InChI=1S/C56H35NOS/c1-2-13-36(14-3-1)37-25-28-40(29-26-37)57(41-30-32-47-46-19-8-10-23-52(46)58-53(47)35-41)51-22-12-21-43(39-27-31-49-48-20-9-11-24-54(48)59-55(49)34-39)56(51)50-33-38-15-4-5-16-42(38)44-17-6-7-18-45(44)50/h1-35H. The summed E-state index contributed by atoms with van der Waals surface area (Å²) in [5.74, 6) is 0. The van der Waals surface area contributed by atoms with E-state index < -0.39 is 0 Å². The highest BCUT2D eigenvalue weighted by Crippen LogP contribution is 2.50. The average molecular weight is 770 g/mol. The molecule has 0 aliphatic carbocycles. The van der Waals surface area contributed by atoms with Crippen LogP contribution in [0, 0.1) is 0 Å². The van der Waals surface area contributed by atoms with Crippen LogP contribution in [0.25, 0.3) is 97.0 Å². The summed E-state index contributed by atoms with van der Waals surface area (Å²) in [6.07, 6.45) is 0. The van der Waals surface area contributed by atoms with Crippen LogP contribution in [0.1, 0.15) is 0 Å². The van der Waals surface area contributed by atoms with Crippen LogP contribution in [-0.2, 0) is 0 Å². The first-order valence-electron chi connectivity index (χ1n) is 20.1. The fourth-order valence-corrected chi connectivity index (χ4v) is 10.3. The van der Waals surface area contributed by atoms with Gasteiger partial charge < -0.3 is 9.32 Å². The fraction of sp³-hybridized carbons (Fsp3) is 0. The summed E-state index contributed by atoms with van der Waals surface area (Å²) in [6, 6.07) is 77.2. The molecule has 0 atom stereocenters. The molecular formula is C56H35NOS. The van der Waals surface area contributed by atoms with E-state index in [2.05, 4.69) is 211 Å². The molecular weight excluding hydrogens is 735 g/mol. The Bertz CT molecular complexity index is 3560. The summed E-state index contributed by atoms with van der Waals surface area (Å²) in [6.45, 7) is 0. The van der Waals surface area contributed by atoms with Crippen molar-refractivity contribution in [2.75, 3.05) is 4.90 Å². The zero-order chi connectivity index (χ0) is 38.9. The number of nitrogens with zero attached hydrogens (tertiary/aromatic N) is 1. The smallest absolute Gasteiger partial charge is 0.137 e. The summed E-state index contributed by atoms with van der Waals surface area (Å²) in [4.78, 5) is 2.42. The molecule has 0 bridgehead atoms. The molecule has 0 aliphatic rings. The van der Waals surface area contributed by atoms with Crippen LogP contribution in [0.3, 0.4) is 0 Å². The maximum Gasteiger partial charge on any atom is 0.137 e. The number of hydrogen-bond acceptors (Lipinski definition) is 3. The normalized spacial score (nSPS) is 11.7. The van der Waals surface area contributed by atoms with Crippen molar-refractivity contribution in [2.24, 2.45) is 0 Å². The minimum atomic E-state index is 0.860. The number of furan rings is 1. The Morgan fingerprint density at radius 1 is 0.339 bits per heavy atom. The third-order valence-corrected chi connectivity index (χ3v) is 13.0. The van der Waals surface area contributed by atoms with E-state index in [9.17, 15) is 0 Å². The molecule has 276 valence electrons. The molecule has 10 aromatic carbocycles. The number of thiophene rings is 1. The van der Waals surface area contributed by atoms with Gasteiger partial charge in [-0.05, 0) is 104 Å². The average Bonchev–Trinajstić information content (AvgIpc) is 3.87. The molecule has 0 spiro atoms. The molecule has 0 saturated heterocycles. The number of anilines is 3. The largest absolute Gasteiger partial charge is 0.456 e. The van der Waals surface area contributed by atoms with Crippen LogP contribution in [0.5, 0.6) is 0 Å². The van der Waals surface area contributed by atoms with Gasteiger partial charge in [-0.2, -0.15) is 0 Å². The molecule has 0 unspecified atom stereocenters. The molecule has 0 saturated carbocycles. The van der Waals surface area contributed by atoms with Crippen molar-refractivity contribution in [2.45, 2.75) is 0 Å². The zero-order valence-corrected chi connectivity index (χ0v) is 32.8. The van der Waals surface area contributed by atoms with Gasteiger partial charge in [-0.1, -0.05) is 152 Å². The molecule has 2 aromatic heterocycles. The van der Waals surface area contributed by atoms with Crippen LogP contribution in [0.2, 0.25) is 0 Å². The molecule has 2 nitrogen and oxygen atoms in total. The molecule has 0 amide bonds. The summed E-state index contributed by atoms with van der Waals surface area (Å²) in [5.41, 5.74) is 12.0. The van der Waals surface area contributed by atoms with Crippen molar-refractivity contribution >= 4 is 92.1 Å². The van der Waals surface area contributed by atoms with Gasteiger partial charge in [0.15, 0.2) is 0 Å². The van der Waals surface area contributed by atoms with Crippen LogP contribution < -0.4 is 4.90 Å². The first-order chi connectivity index (χ1) is 29.2. The Morgan fingerprint density at radius 3 is 1.83 bits per heavy atom. The van der Waals surface area contributed by atoms with Crippen LogP contribution >= 0.6 is 11.3 Å². The summed E-state index contributed by atoms with van der Waals surface area (Å²) in [7, 11) is 0. The number of para-hydroxylation sites is 1. The second-order valence-corrected chi connectivity index (χ2v) is 16.3. The summed E-state index contributed by atoms with van der Waals surface area (Å²) in [5, 5.41) is 9.75. The first kappa shape index (κ1) is 33.7. The molecule has 2 heterocycles. The Hall–Kier alpha value is -7.46. The number of benzene rings is 10. The topological polar surface area (TPSA) is 16.4 Å². The van der Waals surface area contributed by atoms with Crippen molar-refractivity contribution in [1.29, 1.82) is 0 Å². The monoisotopic (exact) mass is 769 g/mol. The third-order valence-electron chi connectivity index (χ3n) is 11.9. The molecule has 59 heavy (non-hydrogen) atoms. The Kier molecular flexibility index (Phi) is 7.75. The summed E-state index contributed by atoms with van der Waals surface area (Å²) < 4.78 is 9.14. The minimum Gasteiger partial charge on any atom is -0.456 e. The predicted octanol–water partition coefficient (Wildman–Crippen LogP) is 16.7. The molecule has 12 rings (SSSR count). The fourth-order valence-electron chi connectivity index (χ4n) is 9.12. The van der Waals surface area contributed by atoms with E-state index in [4.69, 9.17) is 4.42 Å². The maximum absolute atomic E-state index is 6.55. The van der Waals surface area contributed by atoms with Crippen LogP contribution in [0.4, 0.5) is 17.1 Å². The molecule has 12 aromatic rings. The van der Waals surface area contributed by atoms with Gasteiger partial charge in [0.2, 0.25) is 0 Å². The molecule has 3 heteroatoms. The highest BCUT2D eigenvalue weighted by Gasteiger charge is 2.24. The van der Waals surface area contributed by atoms with E-state index in [0.29, 0.717) is 0 Å². The third kappa shape index (κ3) is 5.55. The van der Waals surface area contributed by atoms with Gasteiger partial charge in [0.05, 0.1) is 5.69 Å². The van der Waals surface area contributed by atoms with E-state index in [1.165, 1.54) is 75.1 Å². The van der Waals surface area contributed by atoms with E-state index in [1.807, 2.05) is 17.4 Å². The van der Waals surface area contributed by atoms with Gasteiger partial charge >= 0.3 is 0 Å². The zero-order valence-electron chi connectivity index (χ0n) is 32.0. The van der Waals surface area contributed by atoms with Gasteiger partial charge in [0.1, 0.15) is 11.2 Å². The van der Waals surface area contributed by atoms with Gasteiger partial charge in [0, 0.05) is 53.9 Å². The van der Waals surface area contributed by atoms with Crippen molar-refractivity contribution in [3.63, 3.8) is 0 Å². The highest BCUT2D eigenvalue weighted by atomic mass is 32.1. The molecule has 0 aliphatic heterocycles. The first-order valence-corrected chi connectivity index (χ1v) is 20.9. The lowest BCUT2D eigenvalue weighted by Crippen LogP contribution is -2.12. The van der Waals surface area contributed by atoms with Crippen molar-refractivity contribution < 1.29 is 4.42 Å². The van der Waals surface area contributed by atoms with E-state index >= 15 is 0 Å². The lowest BCUT2D eigenvalue weighted by molar-refractivity contribution is 0.669. The Labute approximate surface area is 345 Å². The van der Waals surface area contributed by atoms with Gasteiger partial charge in [-0.3, -0.25) is 0 Å². The highest BCUT2D eigenvalue weighted by molar-refractivity contribution is 7.25. The van der Waals surface area contributed by atoms with E-state index in [-0.39, 0.29) is 0 Å². The second kappa shape index (κ2) is 13.6. The SMILES string of the molecule is c1ccc(-c2ccc(N(c3ccc4c(c3)oc3ccccc34)c3cccc(-c4ccc5c(c4)sc4ccccc45)c3-c3cc4ccccc4c4ccccc34)cc2)cc1. The maximum atomic E-state index is 6.55. The van der Waals surface area contributed by atoms with Gasteiger partial charge in [0.25, 0.3) is 0 Å². The van der Waals surface area contributed by atoms with Gasteiger partial charge in [-0.15, -0.1) is 11.3 Å². The van der Waals surface area contributed by atoms with Crippen molar-refractivity contribution in [3.05, 3.63) is 212 Å². The number of fused-ring (bicyclic) bond motifs is 9. The molecule has 0 radical (unpaired) electrons. The predicted molar refractivity (Wildman–Crippen MR) is 253 cm³/mol. The second-order valence-electron chi connectivity index (χ2n) is 15.2. The van der Waals surface area contributed by atoms with E-state index in [1.54, 1.807) is 0 Å². The number of rotatable bonds is 6. The minimum absolute atomic E-state index is 0.860. The Morgan fingerprint density at radius 2 is 0.966 bits per heavy atom. The van der Waals surface area contributed by atoms with Crippen LogP contribution in [-0.4, -0.2) is 0 Å². The molecule has 0 fully saturated rings.